The second kappa shape index (κ2) is 7.24. The molecular weight excluding hydrogens is 261 g/mol. The van der Waals surface area contributed by atoms with Crippen LogP contribution in [-0.2, 0) is 9.53 Å². The lowest BCUT2D eigenvalue weighted by Gasteiger charge is -2.24. The van der Waals surface area contributed by atoms with Crippen LogP contribution in [-0.4, -0.2) is 26.2 Å². The largest absolute Gasteiger partial charge is 0.494 e. The number of methoxy groups -OCH3 is 2. The van der Waals surface area contributed by atoms with Gasteiger partial charge in [0.15, 0.2) is 11.6 Å². The second-order valence-electron chi connectivity index (χ2n) is 5.03. The van der Waals surface area contributed by atoms with Crippen molar-refractivity contribution in [2.24, 2.45) is 5.92 Å². The van der Waals surface area contributed by atoms with E-state index >= 15 is 0 Å². The van der Waals surface area contributed by atoms with E-state index in [1.54, 1.807) is 12.1 Å². The van der Waals surface area contributed by atoms with Gasteiger partial charge in [-0.15, -0.1) is 0 Å². The highest BCUT2D eigenvalue weighted by Gasteiger charge is 2.25. The number of benzene rings is 1. The van der Waals surface area contributed by atoms with E-state index in [1.165, 1.54) is 20.3 Å². The molecule has 0 aliphatic heterocycles. The number of halogens is 1. The highest BCUT2D eigenvalue weighted by Crippen LogP contribution is 2.22. The summed E-state index contributed by atoms with van der Waals surface area (Å²) < 4.78 is 23.3. The van der Waals surface area contributed by atoms with Crippen LogP contribution in [0.3, 0.4) is 0 Å². The van der Waals surface area contributed by atoms with Crippen LogP contribution >= 0.6 is 0 Å². The molecule has 0 saturated carbocycles. The Bertz CT molecular complexity index is 462. The van der Waals surface area contributed by atoms with Crippen LogP contribution in [0.1, 0.15) is 32.4 Å². The number of rotatable bonds is 6. The number of ether oxygens (including phenoxy) is 2. The van der Waals surface area contributed by atoms with Gasteiger partial charge in [0.2, 0.25) is 0 Å². The first-order valence-corrected chi connectivity index (χ1v) is 6.58. The molecule has 1 aromatic rings. The van der Waals surface area contributed by atoms with Crippen molar-refractivity contribution in [2.45, 2.75) is 32.9 Å². The molecule has 0 heterocycles. The van der Waals surface area contributed by atoms with Crippen LogP contribution in [0.5, 0.6) is 5.75 Å². The molecular formula is C15H22FNO3. The van der Waals surface area contributed by atoms with Crippen molar-refractivity contribution in [2.75, 3.05) is 14.2 Å². The number of carbonyl (C=O) groups is 1. The Morgan fingerprint density at radius 1 is 1.25 bits per heavy atom. The van der Waals surface area contributed by atoms with Gasteiger partial charge in [0.05, 0.1) is 14.2 Å². The molecule has 0 amide bonds. The Morgan fingerprint density at radius 2 is 1.90 bits per heavy atom. The molecule has 112 valence electrons. The summed E-state index contributed by atoms with van der Waals surface area (Å²) in [5, 5.41) is 3.17. The lowest BCUT2D eigenvalue weighted by molar-refractivity contribution is -0.144. The Balaban J connectivity index is 2.86. The fourth-order valence-electron chi connectivity index (χ4n) is 1.98. The van der Waals surface area contributed by atoms with Crippen LogP contribution in [0, 0.1) is 11.7 Å². The minimum absolute atomic E-state index is 0.0768. The SMILES string of the molecule is COC(=O)[C@@H](NC(C)c1ccc(OC)c(F)c1)C(C)C. The summed E-state index contributed by atoms with van der Waals surface area (Å²) in [6.07, 6.45) is 0. The first kappa shape index (κ1) is 16.4. The van der Waals surface area contributed by atoms with Crippen molar-refractivity contribution in [3.63, 3.8) is 0 Å². The molecule has 0 radical (unpaired) electrons. The molecule has 0 aliphatic rings. The molecule has 0 aliphatic carbocycles. The molecule has 1 aromatic carbocycles. The van der Waals surface area contributed by atoms with Gasteiger partial charge in [-0.25, -0.2) is 4.39 Å². The van der Waals surface area contributed by atoms with Gasteiger partial charge in [-0.2, -0.15) is 0 Å². The summed E-state index contributed by atoms with van der Waals surface area (Å²) in [6.45, 7) is 5.73. The normalized spacial score (nSPS) is 13.9. The monoisotopic (exact) mass is 283 g/mol. The van der Waals surface area contributed by atoms with Crippen molar-refractivity contribution in [1.82, 2.24) is 5.32 Å². The van der Waals surface area contributed by atoms with Gasteiger partial charge in [-0.3, -0.25) is 10.1 Å². The number of hydrogen-bond acceptors (Lipinski definition) is 4. The maximum atomic E-state index is 13.7. The fourth-order valence-corrected chi connectivity index (χ4v) is 1.98. The minimum atomic E-state index is -0.430. The highest BCUT2D eigenvalue weighted by atomic mass is 19.1. The fraction of sp³-hybridized carbons (Fsp3) is 0.533. The predicted octanol–water partition coefficient (Wildman–Crippen LogP) is 2.68. The van der Waals surface area contributed by atoms with E-state index in [9.17, 15) is 9.18 Å². The van der Waals surface area contributed by atoms with Crippen molar-refractivity contribution >= 4 is 5.97 Å². The Labute approximate surface area is 119 Å². The van der Waals surface area contributed by atoms with E-state index in [1.807, 2.05) is 20.8 Å². The van der Waals surface area contributed by atoms with Crippen LogP contribution in [0.2, 0.25) is 0 Å². The zero-order valence-corrected chi connectivity index (χ0v) is 12.6. The van der Waals surface area contributed by atoms with E-state index < -0.39 is 11.9 Å². The third-order valence-corrected chi connectivity index (χ3v) is 3.23. The molecule has 0 bridgehead atoms. The first-order chi connectivity index (χ1) is 9.40. The zero-order valence-electron chi connectivity index (χ0n) is 12.6. The van der Waals surface area contributed by atoms with Crippen LogP contribution in [0.4, 0.5) is 4.39 Å². The van der Waals surface area contributed by atoms with E-state index in [2.05, 4.69) is 5.32 Å². The average molecular weight is 283 g/mol. The van der Waals surface area contributed by atoms with Crippen LogP contribution in [0.25, 0.3) is 0 Å². The molecule has 1 rings (SSSR count). The smallest absolute Gasteiger partial charge is 0.323 e. The predicted molar refractivity (Wildman–Crippen MR) is 75.1 cm³/mol. The lowest BCUT2D eigenvalue weighted by Crippen LogP contribution is -2.42. The standard InChI is InChI=1S/C15H22FNO3/c1-9(2)14(15(18)20-5)17-10(3)11-6-7-13(19-4)12(16)8-11/h6-10,14,17H,1-5H3/t10?,14-/m0/s1. The number of hydrogen-bond donors (Lipinski definition) is 1. The molecule has 4 nitrogen and oxygen atoms in total. The van der Waals surface area contributed by atoms with Crippen LogP contribution < -0.4 is 10.1 Å². The Morgan fingerprint density at radius 3 is 2.35 bits per heavy atom. The summed E-state index contributed by atoms with van der Waals surface area (Å²) in [5.74, 6) is -0.457. The molecule has 0 aromatic heterocycles. The van der Waals surface area contributed by atoms with Gasteiger partial charge in [0, 0.05) is 6.04 Å². The van der Waals surface area contributed by atoms with E-state index in [0.29, 0.717) is 0 Å². The van der Waals surface area contributed by atoms with Crippen molar-refractivity contribution in [3.8, 4) is 5.75 Å². The topological polar surface area (TPSA) is 47.6 Å². The number of nitrogens with one attached hydrogen (secondary N) is 1. The van der Waals surface area contributed by atoms with E-state index in [0.717, 1.165) is 5.56 Å². The summed E-state index contributed by atoms with van der Waals surface area (Å²) >= 11 is 0. The highest BCUT2D eigenvalue weighted by molar-refractivity contribution is 5.76. The van der Waals surface area contributed by atoms with E-state index in [4.69, 9.17) is 9.47 Å². The van der Waals surface area contributed by atoms with Gasteiger partial charge >= 0.3 is 5.97 Å². The summed E-state index contributed by atoms with van der Waals surface area (Å²) in [7, 11) is 2.78. The molecule has 1 N–H and O–H groups in total. The molecule has 0 fully saturated rings. The van der Waals surface area contributed by atoms with E-state index in [-0.39, 0.29) is 23.7 Å². The first-order valence-electron chi connectivity index (χ1n) is 6.58. The van der Waals surface area contributed by atoms with Gasteiger partial charge in [-0.05, 0) is 30.5 Å². The molecule has 20 heavy (non-hydrogen) atoms. The summed E-state index contributed by atoms with van der Waals surface area (Å²) in [4.78, 5) is 11.7. The summed E-state index contributed by atoms with van der Waals surface area (Å²) in [5.41, 5.74) is 0.748. The maximum absolute atomic E-state index is 13.7. The number of esters is 1. The van der Waals surface area contributed by atoms with Gasteiger partial charge < -0.3 is 9.47 Å². The van der Waals surface area contributed by atoms with Crippen molar-refractivity contribution in [1.29, 1.82) is 0 Å². The van der Waals surface area contributed by atoms with Gasteiger partial charge in [0.1, 0.15) is 6.04 Å². The molecule has 2 atom stereocenters. The van der Waals surface area contributed by atoms with Crippen molar-refractivity contribution < 1.29 is 18.7 Å². The zero-order chi connectivity index (χ0) is 15.3. The quantitative estimate of drug-likeness (QED) is 0.815. The maximum Gasteiger partial charge on any atom is 0.323 e. The molecule has 5 heteroatoms. The Hall–Kier alpha value is -1.62. The van der Waals surface area contributed by atoms with Crippen molar-refractivity contribution in [3.05, 3.63) is 29.6 Å². The molecule has 0 saturated heterocycles. The minimum Gasteiger partial charge on any atom is -0.494 e. The van der Waals surface area contributed by atoms with Gasteiger partial charge in [0.25, 0.3) is 0 Å². The van der Waals surface area contributed by atoms with Gasteiger partial charge in [-0.1, -0.05) is 19.9 Å². The number of carbonyl (C=O) groups excluding carboxylic acids is 1. The average Bonchev–Trinajstić information content (AvgIpc) is 2.43. The van der Waals surface area contributed by atoms with Crippen LogP contribution in [0.15, 0.2) is 18.2 Å². The molecule has 0 spiro atoms. The third-order valence-electron chi connectivity index (χ3n) is 3.23. The summed E-state index contributed by atoms with van der Waals surface area (Å²) in [6, 6.07) is 4.15. The lowest BCUT2D eigenvalue weighted by atomic mass is 10.0. The second-order valence-corrected chi connectivity index (χ2v) is 5.03. The third kappa shape index (κ3) is 3.93. The Kier molecular flexibility index (Phi) is 5.95. The molecule has 1 unspecified atom stereocenters.